The van der Waals surface area contributed by atoms with E-state index < -0.39 is 17.6 Å². The number of nitrogen functional groups attached to an aromatic ring is 1. The van der Waals surface area contributed by atoms with Crippen LogP contribution in [0.1, 0.15) is 21.6 Å². The number of rotatable bonds is 3. The monoisotopic (exact) mass is 301 g/mol. The predicted octanol–water partition coefficient (Wildman–Crippen LogP) is 2.67. The van der Waals surface area contributed by atoms with Crippen molar-refractivity contribution in [2.24, 2.45) is 0 Å². The van der Waals surface area contributed by atoms with E-state index in [2.05, 4.69) is 10.3 Å². The molecule has 1 heterocycles. The van der Waals surface area contributed by atoms with Crippen molar-refractivity contribution >= 4 is 22.4 Å². The summed E-state index contributed by atoms with van der Waals surface area (Å²) in [5, 5.41) is 4.35. The van der Waals surface area contributed by atoms with Crippen LogP contribution in [0.15, 0.2) is 29.6 Å². The van der Waals surface area contributed by atoms with Gasteiger partial charge < -0.3 is 11.1 Å². The number of amides is 1. The number of aromatic nitrogens is 1. The third kappa shape index (κ3) is 3.47. The molecule has 20 heavy (non-hydrogen) atoms. The van der Waals surface area contributed by atoms with Gasteiger partial charge in [-0.2, -0.15) is 13.2 Å². The first-order chi connectivity index (χ1) is 9.36. The number of benzene rings is 1. The average Bonchev–Trinajstić information content (AvgIpc) is 2.82. The van der Waals surface area contributed by atoms with Gasteiger partial charge in [0.05, 0.1) is 5.56 Å². The van der Waals surface area contributed by atoms with Crippen LogP contribution in [-0.2, 0) is 12.7 Å². The van der Waals surface area contributed by atoms with E-state index in [0.29, 0.717) is 5.56 Å². The zero-order valence-electron chi connectivity index (χ0n) is 10.1. The van der Waals surface area contributed by atoms with E-state index in [1.54, 1.807) is 0 Å². The van der Waals surface area contributed by atoms with E-state index in [0.717, 1.165) is 23.5 Å². The van der Waals surface area contributed by atoms with Crippen LogP contribution >= 0.6 is 11.3 Å². The molecule has 0 atom stereocenters. The molecule has 0 aliphatic carbocycles. The summed E-state index contributed by atoms with van der Waals surface area (Å²) in [4.78, 5) is 15.5. The number of hydrogen-bond acceptors (Lipinski definition) is 4. The fraction of sp³-hybridized carbons (Fsp3) is 0.167. The number of nitrogens with one attached hydrogen (secondary N) is 1. The summed E-state index contributed by atoms with van der Waals surface area (Å²) in [6.45, 7) is 0.119. The molecule has 0 aliphatic rings. The van der Waals surface area contributed by atoms with Gasteiger partial charge in [0, 0.05) is 11.9 Å². The second-order valence-corrected chi connectivity index (χ2v) is 4.84. The number of alkyl halides is 3. The van der Waals surface area contributed by atoms with Crippen LogP contribution in [0.5, 0.6) is 0 Å². The molecular formula is C12H10F3N3OS. The molecule has 8 heteroatoms. The van der Waals surface area contributed by atoms with E-state index in [9.17, 15) is 18.0 Å². The van der Waals surface area contributed by atoms with Gasteiger partial charge in [0.1, 0.15) is 5.69 Å². The Balaban J connectivity index is 1.96. The van der Waals surface area contributed by atoms with Gasteiger partial charge in [-0.05, 0) is 17.7 Å². The minimum atomic E-state index is -4.36. The number of carbonyl (C=O) groups excluding carboxylic acids is 1. The summed E-state index contributed by atoms with van der Waals surface area (Å²) < 4.78 is 37.1. The number of nitrogens with zero attached hydrogens (tertiary/aromatic N) is 1. The minimum absolute atomic E-state index is 0.119. The van der Waals surface area contributed by atoms with Crippen LogP contribution in [0.25, 0.3) is 0 Å². The van der Waals surface area contributed by atoms with Crippen molar-refractivity contribution < 1.29 is 18.0 Å². The summed E-state index contributed by atoms with van der Waals surface area (Å²) in [6.07, 6.45) is -4.36. The minimum Gasteiger partial charge on any atom is -0.375 e. The molecule has 1 aromatic carbocycles. The highest BCUT2D eigenvalue weighted by atomic mass is 32.1. The predicted molar refractivity (Wildman–Crippen MR) is 69.1 cm³/mol. The quantitative estimate of drug-likeness (QED) is 0.916. The largest absolute Gasteiger partial charge is 0.416 e. The SMILES string of the molecule is Nc1nc(C(=O)NCc2ccc(C(F)(F)F)cc2)cs1. The zero-order chi connectivity index (χ0) is 14.8. The van der Waals surface area contributed by atoms with Gasteiger partial charge in [0.25, 0.3) is 5.91 Å². The second-order valence-electron chi connectivity index (χ2n) is 3.95. The molecule has 0 radical (unpaired) electrons. The fourth-order valence-electron chi connectivity index (χ4n) is 1.48. The molecule has 3 N–H and O–H groups in total. The number of carbonyl (C=O) groups is 1. The molecular weight excluding hydrogens is 291 g/mol. The van der Waals surface area contributed by atoms with E-state index in [1.165, 1.54) is 17.5 Å². The Labute approximate surface area is 116 Å². The van der Waals surface area contributed by atoms with Crippen LogP contribution in [0.3, 0.4) is 0 Å². The van der Waals surface area contributed by atoms with Gasteiger partial charge in [-0.1, -0.05) is 12.1 Å². The Morgan fingerprint density at radius 1 is 1.30 bits per heavy atom. The van der Waals surface area contributed by atoms with Gasteiger partial charge in [-0.15, -0.1) is 11.3 Å². The van der Waals surface area contributed by atoms with Gasteiger partial charge in [-0.25, -0.2) is 4.98 Å². The Hall–Kier alpha value is -2.09. The topological polar surface area (TPSA) is 68.0 Å². The van der Waals surface area contributed by atoms with Crippen molar-refractivity contribution in [1.29, 1.82) is 0 Å². The highest BCUT2D eigenvalue weighted by molar-refractivity contribution is 7.13. The smallest absolute Gasteiger partial charge is 0.375 e. The first-order valence-corrected chi connectivity index (χ1v) is 6.39. The molecule has 4 nitrogen and oxygen atoms in total. The molecule has 0 bridgehead atoms. The molecule has 2 aromatic rings. The summed E-state index contributed by atoms with van der Waals surface area (Å²) in [5.74, 6) is -0.419. The first kappa shape index (κ1) is 14.3. The van der Waals surface area contributed by atoms with Crippen molar-refractivity contribution in [3.63, 3.8) is 0 Å². The normalized spacial score (nSPS) is 11.3. The second kappa shape index (κ2) is 5.49. The van der Waals surface area contributed by atoms with Crippen molar-refractivity contribution in [3.05, 3.63) is 46.5 Å². The van der Waals surface area contributed by atoms with E-state index in [4.69, 9.17) is 5.73 Å². The Bertz CT molecular complexity index is 607. The van der Waals surface area contributed by atoms with Crippen LogP contribution in [0.4, 0.5) is 18.3 Å². The van der Waals surface area contributed by atoms with E-state index in [-0.39, 0.29) is 17.4 Å². The average molecular weight is 301 g/mol. The van der Waals surface area contributed by atoms with E-state index in [1.807, 2.05) is 0 Å². The van der Waals surface area contributed by atoms with E-state index >= 15 is 0 Å². The van der Waals surface area contributed by atoms with Gasteiger partial charge in [-0.3, -0.25) is 4.79 Å². The maximum atomic E-state index is 12.4. The van der Waals surface area contributed by atoms with Crippen LogP contribution in [0.2, 0.25) is 0 Å². The summed E-state index contributed by atoms with van der Waals surface area (Å²) in [7, 11) is 0. The third-order valence-electron chi connectivity index (χ3n) is 2.49. The van der Waals surface area contributed by atoms with Gasteiger partial charge >= 0.3 is 6.18 Å². The van der Waals surface area contributed by atoms with Crippen molar-refractivity contribution in [1.82, 2.24) is 10.3 Å². The fourth-order valence-corrected chi connectivity index (χ4v) is 2.02. The molecule has 0 aliphatic heterocycles. The number of hydrogen-bond donors (Lipinski definition) is 2. The van der Waals surface area contributed by atoms with Crippen LogP contribution in [0, 0.1) is 0 Å². The molecule has 0 unspecified atom stereocenters. The summed E-state index contributed by atoms with van der Waals surface area (Å²) >= 11 is 1.14. The molecule has 106 valence electrons. The Morgan fingerprint density at radius 2 is 1.95 bits per heavy atom. The number of halogens is 3. The number of anilines is 1. The molecule has 0 saturated carbocycles. The summed E-state index contributed by atoms with van der Waals surface area (Å²) in [6, 6.07) is 4.58. The Morgan fingerprint density at radius 3 is 2.45 bits per heavy atom. The van der Waals surface area contributed by atoms with Crippen molar-refractivity contribution in [3.8, 4) is 0 Å². The maximum Gasteiger partial charge on any atom is 0.416 e. The number of nitrogens with two attached hydrogens (primary N) is 1. The first-order valence-electron chi connectivity index (χ1n) is 5.51. The Kier molecular flexibility index (Phi) is 3.93. The van der Waals surface area contributed by atoms with Crippen LogP contribution < -0.4 is 11.1 Å². The summed E-state index contributed by atoms with van der Waals surface area (Å²) in [5.41, 5.74) is 5.44. The lowest BCUT2D eigenvalue weighted by Gasteiger charge is -2.08. The molecule has 0 fully saturated rings. The molecule has 0 saturated heterocycles. The maximum absolute atomic E-state index is 12.4. The molecule has 1 amide bonds. The van der Waals surface area contributed by atoms with Crippen molar-refractivity contribution in [2.75, 3.05) is 5.73 Å². The molecule has 0 spiro atoms. The highest BCUT2D eigenvalue weighted by Gasteiger charge is 2.29. The zero-order valence-corrected chi connectivity index (χ0v) is 10.9. The standard InChI is InChI=1S/C12H10F3N3OS/c13-12(14,15)8-3-1-7(2-4-8)5-17-10(19)9-6-20-11(16)18-9/h1-4,6H,5H2,(H2,16,18)(H,17,19). The lowest BCUT2D eigenvalue weighted by Crippen LogP contribution is -2.23. The lowest BCUT2D eigenvalue weighted by atomic mass is 10.1. The van der Waals surface area contributed by atoms with Crippen LogP contribution in [-0.4, -0.2) is 10.9 Å². The third-order valence-corrected chi connectivity index (χ3v) is 3.16. The number of thiazole rings is 1. The lowest BCUT2D eigenvalue weighted by molar-refractivity contribution is -0.137. The van der Waals surface area contributed by atoms with Gasteiger partial charge in [0.15, 0.2) is 5.13 Å². The molecule has 2 rings (SSSR count). The van der Waals surface area contributed by atoms with Crippen molar-refractivity contribution in [2.45, 2.75) is 12.7 Å². The molecule has 1 aromatic heterocycles. The highest BCUT2D eigenvalue weighted by Crippen LogP contribution is 2.29. The van der Waals surface area contributed by atoms with Gasteiger partial charge in [0.2, 0.25) is 0 Å².